The predicted octanol–water partition coefficient (Wildman–Crippen LogP) is 3.62. The molecule has 0 aromatic heterocycles. The van der Waals surface area contributed by atoms with Crippen molar-refractivity contribution in [3.8, 4) is 5.75 Å². The first-order valence-corrected chi connectivity index (χ1v) is 9.90. The Labute approximate surface area is 160 Å². The number of likely N-dealkylation sites (tertiary alicyclic amines) is 1. The van der Waals surface area contributed by atoms with E-state index in [0.29, 0.717) is 18.7 Å². The summed E-state index contributed by atoms with van der Waals surface area (Å²) in [6.45, 7) is 1.42. The van der Waals surface area contributed by atoms with E-state index >= 15 is 0 Å². The third-order valence-corrected chi connectivity index (χ3v) is 5.54. The number of carbonyl (C=O) groups excluding carboxylic acids is 1. The van der Waals surface area contributed by atoms with Crippen LogP contribution in [0.5, 0.6) is 5.75 Å². The topological polar surface area (TPSA) is 75.7 Å². The predicted molar refractivity (Wildman–Crippen MR) is 95.5 cm³/mol. The van der Waals surface area contributed by atoms with Crippen molar-refractivity contribution in [1.82, 2.24) is 4.90 Å². The summed E-state index contributed by atoms with van der Waals surface area (Å²) < 4.78 is 67.3. The lowest BCUT2D eigenvalue weighted by Crippen LogP contribution is -2.27. The molecule has 2 aromatic carbocycles. The first kappa shape index (κ1) is 20.0. The highest BCUT2D eigenvalue weighted by molar-refractivity contribution is 7.92. The summed E-state index contributed by atoms with van der Waals surface area (Å²) in [5, 5.41) is 0. The van der Waals surface area contributed by atoms with Gasteiger partial charge >= 0.3 is 6.36 Å². The van der Waals surface area contributed by atoms with Gasteiger partial charge in [0, 0.05) is 24.3 Å². The molecule has 1 saturated heterocycles. The van der Waals surface area contributed by atoms with Gasteiger partial charge in [-0.1, -0.05) is 0 Å². The van der Waals surface area contributed by atoms with Crippen molar-refractivity contribution in [3.63, 3.8) is 0 Å². The summed E-state index contributed by atoms with van der Waals surface area (Å²) in [5.41, 5.74) is 0.687. The summed E-state index contributed by atoms with van der Waals surface area (Å²) in [6.07, 6.45) is -2.92. The minimum Gasteiger partial charge on any atom is -0.406 e. The molecule has 0 atom stereocenters. The fourth-order valence-corrected chi connectivity index (χ4v) is 3.88. The van der Waals surface area contributed by atoms with Crippen LogP contribution in [0.1, 0.15) is 23.2 Å². The first-order chi connectivity index (χ1) is 13.1. The Morgan fingerprint density at radius 3 is 2.07 bits per heavy atom. The van der Waals surface area contributed by atoms with E-state index in [1.807, 2.05) is 0 Å². The molecule has 0 radical (unpaired) electrons. The number of ether oxygens (including phenoxy) is 1. The molecular weight excluding hydrogens is 397 g/mol. The van der Waals surface area contributed by atoms with Gasteiger partial charge < -0.3 is 9.64 Å². The molecule has 0 bridgehead atoms. The molecule has 1 fully saturated rings. The molecule has 10 heteroatoms. The summed E-state index contributed by atoms with van der Waals surface area (Å²) in [7, 11) is -4.00. The van der Waals surface area contributed by atoms with Gasteiger partial charge in [0.25, 0.3) is 15.9 Å². The van der Waals surface area contributed by atoms with Crippen LogP contribution in [-0.2, 0) is 10.0 Å². The Morgan fingerprint density at radius 2 is 1.54 bits per heavy atom. The molecular formula is C18H17F3N2O4S. The quantitative estimate of drug-likeness (QED) is 0.811. The number of nitrogens with zero attached hydrogens (tertiary/aromatic N) is 1. The second-order valence-corrected chi connectivity index (χ2v) is 7.88. The molecule has 1 aliphatic heterocycles. The van der Waals surface area contributed by atoms with E-state index in [0.717, 1.165) is 37.1 Å². The number of nitrogens with one attached hydrogen (secondary N) is 1. The van der Waals surface area contributed by atoms with E-state index in [9.17, 15) is 26.4 Å². The van der Waals surface area contributed by atoms with Gasteiger partial charge in [-0.15, -0.1) is 13.2 Å². The molecule has 2 aromatic rings. The third-order valence-electron chi connectivity index (χ3n) is 4.14. The molecule has 1 N–H and O–H groups in total. The van der Waals surface area contributed by atoms with E-state index < -0.39 is 22.1 Å². The molecule has 6 nitrogen and oxygen atoms in total. The van der Waals surface area contributed by atoms with E-state index in [-0.39, 0.29) is 16.5 Å². The molecule has 1 aliphatic rings. The summed E-state index contributed by atoms with van der Waals surface area (Å²) in [4.78, 5) is 13.8. The van der Waals surface area contributed by atoms with Crippen molar-refractivity contribution in [2.24, 2.45) is 0 Å². The highest BCUT2D eigenvalue weighted by Crippen LogP contribution is 2.25. The summed E-state index contributed by atoms with van der Waals surface area (Å²) in [5.74, 6) is -0.622. The van der Waals surface area contributed by atoms with Crippen LogP contribution in [0, 0.1) is 0 Å². The number of alkyl halides is 3. The lowest BCUT2D eigenvalue weighted by atomic mass is 10.2. The number of hydrogen-bond donors (Lipinski definition) is 1. The number of halogens is 3. The largest absolute Gasteiger partial charge is 0.573 e. The maximum absolute atomic E-state index is 12.4. The second-order valence-electron chi connectivity index (χ2n) is 6.20. The Kier molecular flexibility index (Phi) is 5.50. The van der Waals surface area contributed by atoms with Crippen LogP contribution < -0.4 is 9.46 Å². The lowest BCUT2D eigenvalue weighted by Gasteiger charge is -2.15. The fourth-order valence-electron chi connectivity index (χ4n) is 2.82. The first-order valence-electron chi connectivity index (χ1n) is 8.42. The summed E-state index contributed by atoms with van der Waals surface area (Å²) in [6, 6.07) is 9.82. The highest BCUT2D eigenvalue weighted by atomic mass is 32.2. The average molecular weight is 414 g/mol. The number of benzene rings is 2. The van der Waals surface area contributed by atoms with Crippen molar-refractivity contribution >= 4 is 21.6 Å². The second kappa shape index (κ2) is 7.70. The van der Waals surface area contributed by atoms with Gasteiger partial charge in [-0.3, -0.25) is 9.52 Å². The average Bonchev–Trinajstić information content (AvgIpc) is 3.15. The van der Waals surface area contributed by atoms with Gasteiger partial charge in [-0.25, -0.2) is 8.42 Å². The molecule has 0 unspecified atom stereocenters. The van der Waals surface area contributed by atoms with Crippen LogP contribution in [0.4, 0.5) is 18.9 Å². The Hall–Kier alpha value is -2.75. The molecule has 3 rings (SSSR count). The van der Waals surface area contributed by atoms with E-state index in [1.165, 1.54) is 24.3 Å². The van der Waals surface area contributed by atoms with Gasteiger partial charge in [0.15, 0.2) is 0 Å². The van der Waals surface area contributed by atoms with Crippen LogP contribution in [0.2, 0.25) is 0 Å². The highest BCUT2D eigenvalue weighted by Gasteiger charge is 2.31. The van der Waals surface area contributed by atoms with Gasteiger partial charge in [0.05, 0.1) is 4.90 Å². The molecule has 0 spiro atoms. The molecule has 0 aliphatic carbocycles. The maximum atomic E-state index is 12.4. The number of rotatable bonds is 5. The van der Waals surface area contributed by atoms with Crippen LogP contribution >= 0.6 is 0 Å². The normalized spacial score (nSPS) is 14.8. The Balaban J connectivity index is 1.69. The van der Waals surface area contributed by atoms with E-state index in [2.05, 4.69) is 9.46 Å². The standard InChI is InChI=1S/C18H17F3N2O4S/c19-18(20,21)27-15-7-9-16(10-8-15)28(25,26)22-14-5-3-13(4-6-14)17(24)23-11-1-2-12-23/h3-10,22H,1-2,11-12H2. The fraction of sp³-hybridized carbons (Fsp3) is 0.278. The minimum atomic E-state index is -4.85. The molecule has 0 saturated carbocycles. The maximum Gasteiger partial charge on any atom is 0.573 e. The smallest absolute Gasteiger partial charge is 0.406 e. The van der Waals surface area contributed by atoms with Crippen LogP contribution in [0.3, 0.4) is 0 Å². The third kappa shape index (κ3) is 4.94. The Bertz CT molecular complexity index is 936. The number of anilines is 1. The van der Waals surface area contributed by atoms with Crippen LogP contribution in [0.15, 0.2) is 53.4 Å². The Morgan fingerprint density at radius 1 is 0.964 bits per heavy atom. The van der Waals surface area contributed by atoms with Crippen LogP contribution in [0.25, 0.3) is 0 Å². The molecule has 1 amide bonds. The number of sulfonamides is 1. The van der Waals surface area contributed by atoms with Gasteiger partial charge in [0.1, 0.15) is 5.75 Å². The zero-order chi connectivity index (χ0) is 20.4. The number of hydrogen-bond acceptors (Lipinski definition) is 4. The van der Waals surface area contributed by atoms with Crippen molar-refractivity contribution in [3.05, 3.63) is 54.1 Å². The molecule has 1 heterocycles. The van der Waals surface area contributed by atoms with Gasteiger partial charge in [0.2, 0.25) is 0 Å². The molecule has 150 valence electrons. The summed E-state index contributed by atoms with van der Waals surface area (Å²) >= 11 is 0. The molecule has 28 heavy (non-hydrogen) atoms. The number of carbonyl (C=O) groups is 1. The van der Waals surface area contributed by atoms with E-state index in [4.69, 9.17) is 0 Å². The van der Waals surface area contributed by atoms with Gasteiger partial charge in [-0.2, -0.15) is 0 Å². The minimum absolute atomic E-state index is 0.104. The van der Waals surface area contributed by atoms with Gasteiger partial charge in [-0.05, 0) is 61.4 Å². The lowest BCUT2D eigenvalue weighted by molar-refractivity contribution is -0.274. The van der Waals surface area contributed by atoms with Crippen LogP contribution in [-0.4, -0.2) is 38.7 Å². The van der Waals surface area contributed by atoms with Crippen molar-refractivity contribution in [1.29, 1.82) is 0 Å². The zero-order valence-electron chi connectivity index (χ0n) is 14.6. The van der Waals surface area contributed by atoms with E-state index in [1.54, 1.807) is 4.90 Å². The van der Waals surface area contributed by atoms with Crippen molar-refractivity contribution in [2.75, 3.05) is 17.8 Å². The monoisotopic (exact) mass is 414 g/mol. The number of amides is 1. The van der Waals surface area contributed by atoms with Crippen molar-refractivity contribution in [2.45, 2.75) is 24.1 Å². The van der Waals surface area contributed by atoms with Crippen molar-refractivity contribution < 1.29 is 31.1 Å². The SMILES string of the molecule is O=C(c1ccc(NS(=O)(=O)c2ccc(OC(F)(F)F)cc2)cc1)N1CCCC1. The zero-order valence-corrected chi connectivity index (χ0v) is 15.4.